The molecule has 1 rings (SSSR count). The molecule has 10 heteroatoms. The van der Waals surface area contributed by atoms with Gasteiger partial charge >= 0.3 is 17.1 Å². The minimum atomic E-state index is -0.358. The van der Waals surface area contributed by atoms with E-state index in [1.54, 1.807) is 26.1 Å². The first kappa shape index (κ1) is 20.4. The van der Waals surface area contributed by atoms with Crippen molar-refractivity contribution in [3.63, 3.8) is 0 Å². The Hall–Kier alpha value is -1.61. The van der Waals surface area contributed by atoms with Gasteiger partial charge in [0.1, 0.15) is 11.5 Å². The van der Waals surface area contributed by atoms with Gasteiger partial charge in [-0.25, -0.2) is 4.39 Å². The van der Waals surface area contributed by atoms with Gasteiger partial charge in [0.05, 0.1) is 5.71 Å². The molecule has 0 aliphatic heterocycles. The Morgan fingerprint density at radius 3 is 2.18 bits per heavy atom. The van der Waals surface area contributed by atoms with Gasteiger partial charge in [-0.05, 0) is 41.5 Å². The summed E-state index contributed by atoms with van der Waals surface area (Å²) in [6, 6.07) is 5.70. The Labute approximate surface area is 149 Å². The number of nitrogens with one attached hydrogen (secondary N) is 1. The molecule has 0 amide bonds. The zero-order valence-corrected chi connectivity index (χ0v) is 14.2. The van der Waals surface area contributed by atoms with Crippen LogP contribution in [0.5, 0.6) is 0 Å². The molecule has 0 aromatic heterocycles. The zero-order valence-electron chi connectivity index (χ0n) is 11.7. The number of amidine groups is 2. The van der Waals surface area contributed by atoms with Crippen molar-refractivity contribution in [3.05, 3.63) is 35.6 Å². The summed E-state index contributed by atoms with van der Waals surface area (Å²) in [5.41, 5.74) is 6.66. The third-order valence-electron chi connectivity index (χ3n) is 2.21. The van der Waals surface area contributed by atoms with E-state index in [0.29, 0.717) is 17.0 Å². The van der Waals surface area contributed by atoms with Crippen LogP contribution in [0.3, 0.4) is 0 Å². The van der Waals surface area contributed by atoms with Crippen molar-refractivity contribution < 1.29 is 21.5 Å². The van der Waals surface area contributed by atoms with Crippen LogP contribution < -0.4 is 11.1 Å². The summed E-state index contributed by atoms with van der Waals surface area (Å²) >= 11 is 9.51. The molecule has 22 heavy (non-hydrogen) atoms. The molecule has 1 aromatic carbocycles. The summed E-state index contributed by atoms with van der Waals surface area (Å²) in [4.78, 5) is 0. The summed E-state index contributed by atoms with van der Waals surface area (Å²) in [5.74, 6) is -0.358. The minimum Gasteiger partial charge on any atom is -0.741 e. The monoisotopic (exact) mass is 387 g/mol. The number of rotatable bonds is 4. The maximum absolute atomic E-state index is 13.0. The molecule has 0 aliphatic carbocycles. The second kappa shape index (κ2) is 10.2. The Balaban J connectivity index is 0.00000441. The molecule has 3 N–H and O–H groups in total. The predicted octanol–water partition coefficient (Wildman–Crippen LogP) is 0.887. The van der Waals surface area contributed by atoms with E-state index in [4.69, 9.17) is 18.4 Å². The van der Waals surface area contributed by atoms with Gasteiger partial charge in [0.25, 0.3) is 0 Å². The molecule has 0 saturated heterocycles. The van der Waals surface area contributed by atoms with E-state index in [1.165, 1.54) is 12.1 Å². The van der Waals surface area contributed by atoms with Crippen LogP contribution in [-0.2, 0) is 42.3 Å². The molecule has 121 valence electrons. The minimum absolute atomic E-state index is 0. The zero-order chi connectivity index (χ0) is 15.8. The van der Waals surface area contributed by atoms with E-state index in [-0.39, 0.29) is 33.2 Å². The van der Waals surface area contributed by atoms with Gasteiger partial charge in [-0.15, -0.1) is 5.10 Å². The summed E-state index contributed by atoms with van der Waals surface area (Å²) in [6.45, 7) is 1.65. The Morgan fingerprint density at radius 2 is 1.68 bits per heavy atom. The molecule has 0 bridgehead atoms. The maximum atomic E-state index is 13.0. The largest absolute Gasteiger partial charge is 2.00 e. The number of nitrogens with two attached hydrogens (primary N) is 1. The van der Waals surface area contributed by atoms with Gasteiger partial charge in [-0.1, -0.05) is 0 Å². The molecular weight excluding hydrogens is 375 g/mol. The first-order valence-electron chi connectivity index (χ1n) is 5.75. The van der Waals surface area contributed by atoms with Crippen molar-refractivity contribution in [2.75, 3.05) is 7.05 Å². The van der Waals surface area contributed by atoms with E-state index in [2.05, 4.69) is 38.4 Å². The molecule has 1 aromatic rings. The van der Waals surface area contributed by atoms with Crippen LogP contribution >= 0.6 is 0 Å². The van der Waals surface area contributed by atoms with Gasteiger partial charge < -0.3 is 36.3 Å². The summed E-state index contributed by atoms with van der Waals surface area (Å²) < 4.78 is 13.0. The molecular formula is C12H13CuFN6S2. The molecule has 0 fully saturated rings. The maximum Gasteiger partial charge on any atom is 2.00 e. The quantitative estimate of drug-likeness (QED) is 0.264. The number of nitrogens with zero attached hydrogens (tertiary/aromatic N) is 4. The molecule has 0 unspecified atom stereocenters. The van der Waals surface area contributed by atoms with Crippen molar-refractivity contribution in [3.8, 4) is 0 Å². The van der Waals surface area contributed by atoms with E-state index < -0.39 is 0 Å². The van der Waals surface area contributed by atoms with Crippen LogP contribution in [0.1, 0.15) is 12.5 Å². The molecule has 0 spiro atoms. The van der Waals surface area contributed by atoms with Crippen LogP contribution in [0.15, 0.2) is 44.7 Å². The number of hydrogen-bond acceptors (Lipinski definition) is 6. The fourth-order valence-electron chi connectivity index (χ4n) is 1.26. The average Bonchev–Trinajstić information content (AvgIpc) is 2.46. The van der Waals surface area contributed by atoms with Crippen LogP contribution in [0.4, 0.5) is 4.39 Å². The van der Waals surface area contributed by atoms with E-state index in [9.17, 15) is 4.39 Å². The second-order valence-electron chi connectivity index (χ2n) is 3.73. The normalized spacial score (nSPS) is 13.6. The Bertz CT molecular complexity index is 609. The average molecular weight is 388 g/mol. The number of benzene rings is 1. The first-order chi connectivity index (χ1) is 9.93. The van der Waals surface area contributed by atoms with Crippen molar-refractivity contribution in [1.29, 1.82) is 0 Å². The Kier molecular flexibility index (Phi) is 9.43. The summed E-state index contributed by atoms with van der Waals surface area (Å²) in [6.07, 6.45) is 0. The standard InChI is InChI=1S/C12H15FN6S2.Cu/c1-7(16-18-11(14)20)10(17-19-12(21)15-2)8-3-5-9(13)6-4-8;/h3-6H,1-2H3,(H3,14,18,20)(H2,15,19,21);/q;+2/p-2/b16-7+,17-10-;. The van der Waals surface area contributed by atoms with E-state index in [0.717, 1.165) is 0 Å². The molecule has 0 atom stereocenters. The summed E-state index contributed by atoms with van der Waals surface area (Å²) in [7, 11) is 1.63. The third-order valence-corrected chi connectivity index (χ3v) is 2.58. The van der Waals surface area contributed by atoms with Crippen LogP contribution in [0.2, 0.25) is 0 Å². The topological polar surface area (TPSA) is 87.5 Å². The van der Waals surface area contributed by atoms with Crippen molar-refractivity contribution in [2.24, 2.45) is 26.1 Å². The number of hydrogen-bond donors (Lipinski definition) is 2. The van der Waals surface area contributed by atoms with Gasteiger partial charge in [0.2, 0.25) is 0 Å². The van der Waals surface area contributed by atoms with Crippen molar-refractivity contribution >= 4 is 47.0 Å². The van der Waals surface area contributed by atoms with Crippen LogP contribution in [-0.4, -0.2) is 28.8 Å². The van der Waals surface area contributed by atoms with Crippen molar-refractivity contribution in [2.45, 2.75) is 6.92 Å². The van der Waals surface area contributed by atoms with Crippen molar-refractivity contribution in [1.82, 2.24) is 5.32 Å². The van der Waals surface area contributed by atoms with Gasteiger partial charge in [0.15, 0.2) is 0 Å². The molecule has 0 heterocycles. The van der Waals surface area contributed by atoms with E-state index >= 15 is 0 Å². The fourth-order valence-corrected chi connectivity index (χ4v) is 1.35. The first-order valence-corrected chi connectivity index (χ1v) is 6.57. The van der Waals surface area contributed by atoms with Crippen LogP contribution in [0, 0.1) is 5.82 Å². The van der Waals surface area contributed by atoms with Gasteiger partial charge in [-0.2, -0.15) is 15.3 Å². The predicted molar refractivity (Wildman–Crippen MR) is 88.9 cm³/mol. The van der Waals surface area contributed by atoms with Gasteiger partial charge in [-0.3, -0.25) is 0 Å². The smallest absolute Gasteiger partial charge is 0.741 e. The van der Waals surface area contributed by atoms with E-state index in [1.807, 2.05) is 0 Å². The third kappa shape index (κ3) is 6.90. The number of halogens is 1. The fraction of sp³-hybridized carbons (Fsp3) is 0.167. The second-order valence-corrected chi connectivity index (χ2v) is 4.54. The molecule has 0 aliphatic rings. The van der Waals surface area contributed by atoms with Crippen LogP contribution in [0.25, 0.3) is 0 Å². The van der Waals surface area contributed by atoms with Gasteiger partial charge in [0, 0.05) is 12.6 Å². The SMILES string of the molecule is CN/C([S-])=N/N=C(/C(C)=N/N=C(/N)[S-])c1ccc(F)cc1.[Cu+2]. The Morgan fingerprint density at radius 1 is 1.09 bits per heavy atom. The molecule has 1 radical (unpaired) electrons. The summed E-state index contributed by atoms with van der Waals surface area (Å²) in [5, 5.41) is 18.0. The molecule has 0 saturated carbocycles. The molecule has 6 nitrogen and oxygen atoms in total.